The highest BCUT2D eigenvalue weighted by molar-refractivity contribution is 9.10. The van der Waals surface area contributed by atoms with E-state index in [0.717, 1.165) is 30.4 Å². The second-order valence-corrected chi connectivity index (χ2v) is 5.50. The van der Waals surface area contributed by atoms with E-state index in [2.05, 4.69) is 27.9 Å². The van der Waals surface area contributed by atoms with Crippen molar-refractivity contribution in [3.8, 4) is 5.75 Å². The van der Waals surface area contributed by atoms with Gasteiger partial charge in [0.05, 0.1) is 5.56 Å². The minimum atomic E-state index is 0.0328. The molecule has 0 unspecified atom stereocenters. The summed E-state index contributed by atoms with van der Waals surface area (Å²) < 4.78 is 6.81. The number of halogens is 1. The van der Waals surface area contributed by atoms with Crippen LogP contribution in [0.2, 0.25) is 0 Å². The van der Waals surface area contributed by atoms with Crippen LogP contribution in [0.1, 0.15) is 18.4 Å². The normalized spacial score (nSPS) is 17.7. The molecule has 98 valence electrons. The monoisotopic (exact) mass is 311 g/mol. The van der Waals surface area contributed by atoms with Crippen LogP contribution in [0.4, 0.5) is 0 Å². The lowest BCUT2D eigenvalue weighted by Gasteiger charge is -2.30. The van der Waals surface area contributed by atoms with Gasteiger partial charge in [0.25, 0.3) is 0 Å². The molecule has 0 amide bonds. The first-order valence-electron chi connectivity index (χ1n) is 6.06. The molecule has 1 saturated heterocycles. The molecule has 0 atom stereocenters. The van der Waals surface area contributed by atoms with Crippen molar-refractivity contribution in [2.24, 2.45) is 5.73 Å². The second-order valence-electron chi connectivity index (χ2n) is 4.65. The Bertz CT molecular complexity index is 442. The van der Waals surface area contributed by atoms with Gasteiger partial charge in [-0.3, -0.25) is 5.41 Å². The maximum absolute atomic E-state index is 7.63. The summed E-state index contributed by atoms with van der Waals surface area (Å²) in [5, 5.41) is 7.63. The SMILES string of the molecule is CN1CCC(Oc2cccc(Br)c2C(=N)N)CC1. The summed E-state index contributed by atoms with van der Waals surface area (Å²) in [5.74, 6) is 0.733. The summed E-state index contributed by atoms with van der Waals surface area (Å²) in [4.78, 5) is 2.30. The van der Waals surface area contributed by atoms with Gasteiger partial charge in [-0.1, -0.05) is 6.07 Å². The summed E-state index contributed by atoms with van der Waals surface area (Å²) >= 11 is 3.41. The largest absolute Gasteiger partial charge is 0.490 e. The van der Waals surface area contributed by atoms with E-state index < -0.39 is 0 Å². The van der Waals surface area contributed by atoms with Gasteiger partial charge < -0.3 is 15.4 Å². The Hall–Kier alpha value is -1.07. The van der Waals surface area contributed by atoms with Crippen LogP contribution in [0.15, 0.2) is 22.7 Å². The Kier molecular flexibility index (Phi) is 4.24. The average Bonchev–Trinajstić information content (AvgIpc) is 2.32. The molecule has 1 fully saturated rings. The summed E-state index contributed by atoms with van der Waals surface area (Å²) in [7, 11) is 2.12. The van der Waals surface area contributed by atoms with Crippen molar-refractivity contribution < 1.29 is 4.74 Å². The molecule has 2 rings (SSSR count). The van der Waals surface area contributed by atoms with Crippen LogP contribution >= 0.6 is 15.9 Å². The predicted molar refractivity (Wildman–Crippen MR) is 76.3 cm³/mol. The predicted octanol–water partition coefficient (Wildman–Crippen LogP) is 2.21. The third-order valence-electron chi connectivity index (χ3n) is 3.20. The summed E-state index contributed by atoms with van der Waals surface area (Å²) in [6.45, 7) is 2.10. The van der Waals surface area contributed by atoms with Gasteiger partial charge in [0, 0.05) is 17.6 Å². The van der Waals surface area contributed by atoms with Gasteiger partial charge in [0.1, 0.15) is 17.7 Å². The lowest BCUT2D eigenvalue weighted by Crippen LogP contribution is -2.36. The number of piperidine rings is 1. The zero-order valence-electron chi connectivity index (χ0n) is 10.4. The zero-order chi connectivity index (χ0) is 13.1. The van der Waals surface area contributed by atoms with E-state index in [1.54, 1.807) is 0 Å². The molecule has 1 aromatic rings. The Morgan fingerprint density at radius 3 is 2.72 bits per heavy atom. The molecule has 0 aromatic heterocycles. The molecule has 1 heterocycles. The molecule has 1 aliphatic heterocycles. The number of benzene rings is 1. The van der Waals surface area contributed by atoms with Gasteiger partial charge in [0.2, 0.25) is 0 Å². The summed E-state index contributed by atoms with van der Waals surface area (Å²) in [6, 6.07) is 5.65. The molecule has 5 heteroatoms. The molecule has 4 nitrogen and oxygen atoms in total. The van der Waals surface area contributed by atoms with Crippen LogP contribution in [-0.2, 0) is 0 Å². The number of rotatable bonds is 3. The molecule has 0 spiro atoms. The van der Waals surface area contributed by atoms with Crippen molar-refractivity contribution in [2.45, 2.75) is 18.9 Å². The number of nitrogen functional groups attached to an aromatic ring is 1. The number of likely N-dealkylation sites (tertiary alicyclic amines) is 1. The molecule has 0 radical (unpaired) electrons. The number of amidine groups is 1. The van der Waals surface area contributed by atoms with Crippen molar-refractivity contribution in [2.75, 3.05) is 20.1 Å². The molecule has 0 bridgehead atoms. The lowest BCUT2D eigenvalue weighted by molar-refractivity contribution is 0.114. The fraction of sp³-hybridized carbons (Fsp3) is 0.462. The van der Waals surface area contributed by atoms with E-state index in [1.165, 1.54) is 0 Å². The van der Waals surface area contributed by atoms with E-state index in [1.807, 2.05) is 18.2 Å². The third kappa shape index (κ3) is 3.03. The molecule has 18 heavy (non-hydrogen) atoms. The van der Waals surface area contributed by atoms with Crippen LogP contribution in [-0.4, -0.2) is 37.0 Å². The quantitative estimate of drug-likeness (QED) is 0.664. The number of nitrogens with two attached hydrogens (primary N) is 1. The van der Waals surface area contributed by atoms with Gasteiger partial charge >= 0.3 is 0 Å². The highest BCUT2D eigenvalue weighted by Gasteiger charge is 2.20. The lowest BCUT2D eigenvalue weighted by atomic mass is 10.1. The molecule has 3 N–H and O–H groups in total. The van der Waals surface area contributed by atoms with Gasteiger partial charge in [0.15, 0.2) is 0 Å². The van der Waals surface area contributed by atoms with E-state index in [9.17, 15) is 0 Å². The van der Waals surface area contributed by atoms with Crippen LogP contribution in [0.3, 0.4) is 0 Å². The van der Waals surface area contributed by atoms with Crippen molar-refractivity contribution in [3.63, 3.8) is 0 Å². The number of ether oxygens (including phenoxy) is 1. The molecule has 0 aliphatic carbocycles. The second kappa shape index (κ2) is 5.71. The first kappa shape index (κ1) is 13.4. The van der Waals surface area contributed by atoms with Crippen LogP contribution in [0.5, 0.6) is 5.75 Å². The molecular weight excluding hydrogens is 294 g/mol. The first-order chi connectivity index (χ1) is 8.58. The van der Waals surface area contributed by atoms with Gasteiger partial charge in [-0.2, -0.15) is 0 Å². The van der Waals surface area contributed by atoms with Crippen LogP contribution < -0.4 is 10.5 Å². The molecule has 1 aromatic carbocycles. The molecule has 0 saturated carbocycles. The highest BCUT2D eigenvalue weighted by atomic mass is 79.9. The highest BCUT2D eigenvalue weighted by Crippen LogP contribution is 2.28. The van der Waals surface area contributed by atoms with Crippen molar-refractivity contribution in [1.82, 2.24) is 4.90 Å². The standard InChI is InChI=1S/C13H18BrN3O/c1-17-7-5-9(6-8-17)18-11-4-2-3-10(14)12(11)13(15)16/h2-4,9H,5-8H2,1H3,(H3,15,16). The van der Waals surface area contributed by atoms with Crippen molar-refractivity contribution >= 4 is 21.8 Å². The van der Waals surface area contributed by atoms with E-state index >= 15 is 0 Å². The Morgan fingerprint density at radius 2 is 2.11 bits per heavy atom. The maximum atomic E-state index is 7.63. The first-order valence-corrected chi connectivity index (χ1v) is 6.85. The van der Waals surface area contributed by atoms with Crippen LogP contribution in [0, 0.1) is 5.41 Å². The van der Waals surface area contributed by atoms with Crippen molar-refractivity contribution in [3.05, 3.63) is 28.2 Å². The Morgan fingerprint density at radius 1 is 1.44 bits per heavy atom. The number of hydrogen-bond donors (Lipinski definition) is 2. The van der Waals surface area contributed by atoms with E-state index in [4.69, 9.17) is 15.9 Å². The topological polar surface area (TPSA) is 62.3 Å². The van der Waals surface area contributed by atoms with Gasteiger partial charge in [-0.05, 0) is 48.0 Å². The fourth-order valence-corrected chi connectivity index (χ4v) is 2.71. The third-order valence-corrected chi connectivity index (χ3v) is 3.86. The molecular formula is C13H18BrN3O. The van der Waals surface area contributed by atoms with E-state index in [0.29, 0.717) is 11.3 Å². The summed E-state index contributed by atoms with van der Waals surface area (Å²) in [5.41, 5.74) is 6.26. The number of hydrogen-bond acceptors (Lipinski definition) is 3. The van der Waals surface area contributed by atoms with E-state index in [-0.39, 0.29) is 11.9 Å². The molecule has 1 aliphatic rings. The smallest absolute Gasteiger partial charge is 0.131 e. The van der Waals surface area contributed by atoms with Gasteiger partial charge in [-0.25, -0.2) is 0 Å². The minimum absolute atomic E-state index is 0.0328. The Labute approximate surface area is 116 Å². The fourth-order valence-electron chi connectivity index (χ4n) is 2.15. The van der Waals surface area contributed by atoms with Crippen LogP contribution in [0.25, 0.3) is 0 Å². The summed E-state index contributed by atoms with van der Waals surface area (Å²) in [6.07, 6.45) is 2.24. The zero-order valence-corrected chi connectivity index (χ0v) is 12.0. The average molecular weight is 312 g/mol. The maximum Gasteiger partial charge on any atom is 0.131 e. The minimum Gasteiger partial charge on any atom is -0.490 e. The number of nitrogens with one attached hydrogen (secondary N) is 1. The van der Waals surface area contributed by atoms with Crippen molar-refractivity contribution in [1.29, 1.82) is 5.41 Å². The van der Waals surface area contributed by atoms with Gasteiger partial charge in [-0.15, -0.1) is 0 Å². The number of nitrogens with zero attached hydrogens (tertiary/aromatic N) is 1. The Balaban J connectivity index is 2.14.